The average molecular weight is 290 g/mol. The van der Waals surface area contributed by atoms with Gasteiger partial charge in [-0.05, 0) is 31.0 Å². The van der Waals surface area contributed by atoms with Crippen LogP contribution in [-0.2, 0) is 18.3 Å². The number of aliphatic carboxylic acids is 1. The Morgan fingerprint density at radius 3 is 2.76 bits per heavy atom. The Morgan fingerprint density at radius 2 is 2.10 bits per heavy atom. The summed E-state index contributed by atoms with van der Waals surface area (Å²) in [6.07, 6.45) is 4.80. The van der Waals surface area contributed by atoms with E-state index in [0.29, 0.717) is 30.3 Å². The van der Waals surface area contributed by atoms with E-state index in [-0.39, 0.29) is 5.82 Å². The minimum atomic E-state index is -0.736. The van der Waals surface area contributed by atoms with Crippen LogP contribution < -0.4 is 0 Å². The maximum absolute atomic E-state index is 13.4. The summed E-state index contributed by atoms with van der Waals surface area (Å²) < 4.78 is 15.2. The molecule has 1 aliphatic carbocycles. The molecule has 1 saturated carbocycles. The Kier molecular flexibility index (Phi) is 3.43. The number of rotatable bonds is 3. The first-order valence-corrected chi connectivity index (χ1v) is 7.36. The maximum atomic E-state index is 13.4. The maximum Gasteiger partial charge on any atom is 0.310 e. The molecule has 0 amide bonds. The minimum Gasteiger partial charge on any atom is -0.481 e. The zero-order valence-electron chi connectivity index (χ0n) is 12.1. The second kappa shape index (κ2) is 5.13. The van der Waals surface area contributed by atoms with Crippen molar-refractivity contribution in [1.29, 1.82) is 0 Å². The molecule has 3 rings (SSSR count). The predicted molar refractivity (Wildman–Crippen MR) is 77.5 cm³/mol. The van der Waals surface area contributed by atoms with Gasteiger partial charge in [0.05, 0.1) is 16.4 Å². The number of hydrogen-bond acceptors (Lipinski definition) is 2. The van der Waals surface area contributed by atoms with Crippen LogP contribution in [0.25, 0.3) is 11.0 Å². The third kappa shape index (κ3) is 2.41. The lowest BCUT2D eigenvalue weighted by Gasteiger charge is -2.32. The number of hydrogen-bond donors (Lipinski definition) is 1. The van der Waals surface area contributed by atoms with Crippen LogP contribution in [0.2, 0.25) is 0 Å². The Bertz CT molecular complexity index is 687. The lowest BCUT2D eigenvalue weighted by molar-refractivity contribution is -0.151. The van der Waals surface area contributed by atoms with Gasteiger partial charge in [-0.2, -0.15) is 0 Å². The van der Waals surface area contributed by atoms with Crippen LogP contribution in [-0.4, -0.2) is 20.6 Å². The average Bonchev–Trinajstić information content (AvgIpc) is 2.76. The number of imidazole rings is 1. The molecule has 1 aromatic carbocycles. The number of aromatic nitrogens is 2. The first kappa shape index (κ1) is 14.0. The first-order chi connectivity index (χ1) is 10.0. The highest BCUT2D eigenvalue weighted by Crippen LogP contribution is 2.39. The van der Waals surface area contributed by atoms with E-state index < -0.39 is 11.4 Å². The van der Waals surface area contributed by atoms with Gasteiger partial charge < -0.3 is 9.67 Å². The summed E-state index contributed by atoms with van der Waals surface area (Å²) in [5.41, 5.74) is 0.706. The van der Waals surface area contributed by atoms with E-state index in [0.717, 1.165) is 25.1 Å². The fourth-order valence-corrected chi connectivity index (χ4v) is 3.37. The molecule has 1 aromatic heterocycles. The molecule has 0 unspecified atom stereocenters. The standard InChI is InChI=1S/C16H19FN2O2/c1-19-13-9-11(17)5-6-12(13)18-14(19)10-16(15(20)21)7-3-2-4-8-16/h5-6,9H,2-4,7-8,10H2,1H3,(H,20,21). The third-order valence-electron chi connectivity index (χ3n) is 4.70. The molecule has 112 valence electrons. The van der Waals surface area contributed by atoms with Crippen LogP contribution >= 0.6 is 0 Å². The molecule has 0 spiro atoms. The van der Waals surface area contributed by atoms with Gasteiger partial charge in [0.25, 0.3) is 0 Å². The van der Waals surface area contributed by atoms with Gasteiger partial charge >= 0.3 is 5.97 Å². The van der Waals surface area contributed by atoms with Crippen LogP contribution in [0, 0.1) is 11.2 Å². The Balaban J connectivity index is 2.00. The van der Waals surface area contributed by atoms with Crippen molar-refractivity contribution in [3.8, 4) is 0 Å². The number of halogens is 1. The quantitative estimate of drug-likeness (QED) is 0.943. The van der Waals surface area contributed by atoms with E-state index in [9.17, 15) is 14.3 Å². The van der Waals surface area contributed by atoms with Crippen molar-refractivity contribution < 1.29 is 14.3 Å². The highest BCUT2D eigenvalue weighted by Gasteiger charge is 2.40. The monoisotopic (exact) mass is 290 g/mol. The van der Waals surface area contributed by atoms with Crippen LogP contribution in [0.5, 0.6) is 0 Å². The third-order valence-corrected chi connectivity index (χ3v) is 4.70. The summed E-state index contributed by atoms with van der Waals surface area (Å²) in [6.45, 7) is 0. The largest absolute Gasteiger partial charge is 0.481 e. The SMILES string of the molecule is Cn1c(CC2(C(=O)O)CCCCC2)nc2ccc(F)cc21. The first-order valence-electron chi connectivity index (χ1n) is 7.36. The van der Waals surface area contributed by atoms with E-state index in [1.54, 1.807) is 6.07 Å². The zero-order valence-corrected chi connectivity index (χ0v) is 12.1. The van der Waals surface area contributed by atoms with Gasteiger partial charge in [-0.25, -0.2) is 9.37 Å². The molecule has 21 heavy (non-hydrogen) atoms. The summed E-state index contributed by atoms with van der Waals surface area (Å²) in [7, 11) is 1.82. The lowest BCUT2D eigenvalue weighted by Crippen LogP contribution is -2.36. The van der Waals surface area contributed by atoms with Gasteiger partial charge in [0.15, 0.2) is 0 Å². The summed E-state index contributed by atoms with van der Waals surface area (Å²) >= 11 is 0. The Labute approximate surface area is 122 Å². The number of carboxylic acid groups (broad SMARTS) is 1. The van der Waals surface area contributed by atoms with Crippen LogP contribution in [0.1, 0.15) is 37.9 Å². The number of carboxylic acids is 1. The second-order valence-corrected chi connectivity index (χ2v) is 6.04. The molecule has 0 bridgehead atoms. The molecule has 1 N–H and O–H groups in total. The highest BCUT2D eigenvalue weighted by atomic mass is 19.1. The number of fused-ring (bicyclic) bond motifs is 1. The van der Waals surface area contributed by atoms with Crippen LogP contribution in [0.3, 0.4) is 0 Å². The van der Waals surface area contributed by atoms with Gasteiger partial charge in [0.2, 0.25) is 0 Å². The lowest BCUT2D eigenvalue weighted by atomic mass is 9.71. The van der Waals surface area contributed by atoms with Gasteiger partial charge in [-0.3, -0.25) is 4.79 Å². The van der Waals surface area contributed by atoms with Crippen molar-refractivity contribution in [2.75, 3.05) is 0 Å². The van der Waals surface area contributed by atoms with E-state index in [1.165, 1.54) is 12.1 Å². The smallest absolute Gasteiger partial charge is 0.310 e. The fraction of sp³-hybridized carbons (Fsp3) is 0.500. The van der Waals surface area contributed by atoms with Gasteiger partial charge in [-0.15, -0.1) is 0 Å². The van der Waals surface area contributed by atoms with Gasteiger partial charge in [0.1, 0.15) is 11.6 Å². The van der Waals surface area contributed by atoms with Crippen molar-refractivity contribution in [3.05, 3.63) is 29.8 Å². The van der Waals surface area contributed by atoms with Crippen molar-refractivity contribution in [1.82, 2.24) is 9.55 Å². The Morgan fingerprint density at radius 1 is 1.38 bits per heavy atom. The fourth-order valence-electron chi connectivity index (χ4n) is 3.37. The number of aryl methyl sites for hydroxylation is 1. The molecule has 2 aromatic rings. The molecule has 0 atom stereocenters. The summed E-state index contributed by atoms with van der Waals surface area (Å²) in [4.78, 5) is 16.3. The zero-order chi connectivity index (χ0) is 15.0. The summed E-state index contributed by atoms with van der Waals surface area (Å²) in [5, 5.41) is 9.66. The van der Waals surface area contributed by atoms with Gasteiger partial charge in [-0.1, -0.05) is 19.3 Å². The normalized spacial score (nSPS) is 18.0. The van der Waals surface area contributed by atoms with Crippen molar-refractivity contribution in [2.24, 2.45) is 12.5 Å². The predicted octanol–water partition coefficient (Wildman–Crippen LogP) is 3.29. The van der Waals surface area contributed by atoms with Crippen LogP contribution in [0.15, 0.2) is 18.2 Å². The van der Waals surface area contributed by atoms with Crippen molar-refractivity contribution in [2.45, 2.75) is 38.5 Å². The van der Waals surface area contributed by atoms with Crippen molar-refractivity contribution >= 4 is 17.0 Å². The molecule has 1 heterocycles. The Hall–Kier alpha value is -1.91. The number of carbonyl (C=O) groups is 1. The minimum absolute atomic E-state index is 0.303. The summed E-state index contributed by atoms with van der Waals surface area (Å²) in [6, 6.07) is 4.47. The molecule has 4 nitrogen and oxygen atoms in total. The van der Waals surface area contributed by atoms with Crippen molar-refractivity contribution in [3.63, 3.8) is 0 Å². The molecule has 0 saturated heterocycles. The molecule has 1 fully saturated rings. The molecular weight excluding hydrogens is 271 g/mol. The molecule has 5 heteroatoms. The second-order valence-electron chi connectivity index (χ2n) is 6.04. The summed E-state index contributed by atoms with van der Waals surface area (Å²) in [5.74, 6) is -0.317. The van der Waals surface area contributed by atoms with E-state index in [1.807, 2.05) is 11.6 Å². The molecule has 0 aliphatic heterocycles. The topological polar surface area (TPSA) is 55.1 Å². The number of benzene rings is 1. The van der Waals surface area contributed by atoms with Crippen LogP contribution in [0.4, 0.5) is 4.39 Å². The highest BCUT2D eigenvalue weighted by molar-refractivity contribution is 5.77. The number of nitrogens with zero attached hydrogens (tertiary/aromatic N) is 2. The van der Waals surface area contributed by atoms with E-state index in [2.05, 4.69) is 4.98 Å². The van der Waals surface area contributed by atoms with E-state index >= 15 is 0 Å². The molecule has 0 radical (unpaired) electrons. The van der Waals surface area contributed by atoms with E-state index in [4.69, 9.17) is 0 Å². The molecular formula is C16H19FN2O2. The van der Waals surface area contributed by atoms with Gasteiger partial charge in [0, 0.05) is 13.5 Å². The molecule has 1 aliphatic rings.